The lowest BCUT2D eigenvalue weighted by Crippen LogP contribution is -2.04. The Hall–Kier alpha value is -0.270. The summed E-state index contributed by atoms with van der Waals surface area (Å²) in [4.78, 5) is 0. The number of hydrogen-bond donors (Lipinski definition) is 0. The van der Waals surface area contributed by atoms with Gasteiger partial charge in [-0.05, 0) is 37.8 Å². The molecular formula is C12H15Cl2F. The molecule has 1 aromatic carbocycles. The molecule has 0 fully saturated rings. The van der Waals surface area contributed by atoms with Gasteiger partial charge in [0.25, 0.3) is 0 Å². The zero-order valence-corrected chi connectivity index (χ0v) is 10.7. The van der Waals surface area contributed by atoms with Crippen LogP contribution in [-0.2, 0) is 0 Å². The summed E-state index contributed by atoms with van der Waals surface area (Å²) in [6.45, 7) is 5.58. The fourth-order valence-corrected chi connectivity index (χ4v) is 2.09. The van der Waals surface area contributed by atoms with Gasteiger partial charge in [0.2, 0.25) is 0 Å². The van der Waals surface area contributed by atoms with Gasteiger partial charge in [0.05, 0.1) is 0 Å². The van der Waals surface area contributed by atoms with Crippen LogP contribution in [0.2, 0.25) is 5.02 Å². The SMILES string of the molecule is Cc1c(Cl)ccc(C(C)CC(C)Cl)c1F. The summed E-state index contributed by atoms with van der Waals surface area (Å²) >= 11 is 11.7. The zero-order chi connectivity index (χ0) is 11.6. The Kier molecular flexibility index (Phi) is 4.42. The van der Waals surface area contributed by atoms with Crippen molar-refractivity contribution in [1.82, 2.24) is 0 Å². The van der Waals surface area contributed by atoms with E-state index in [1.165, 1.54) is 0 Å². The Morgan fingerprint density at radius 2 is 1.93 bits per heavy atom. The summed E-state index contributed by atoms with van der Waals surface area (Å²) in [7, 11) is 0. The molecule has 0 aliphatic rings. The first-order chi connectivity index (χ1) is 6.93. The molecule has 0 spiro atoms. The van der Waals surface area contributed by atoms with E-state index in [1.807, 2.05) is 13.8 Å². The van der Waals surface area contributed by atoms with E-state index in [0.717, 1.165) is 6.42 Å². The van der Waals surface area contributed by atoms with Crippen molar-refractivity contribution in [1.29, 1.82) is 0 Å². The number of halogens is 3. The average molecular weight is 249 g/mol. The van der Waals surface area contributed by atoms with Crippen molar-refractivity contribution >= 4 is 23.2 Å². The van der Waals surface area contributed by atoms with E-state index in [2.05, 4.69) is 0 Å². The van der Waals surface area contributed by atoms with Crippen LogP contribution in [0.5, 0.6) is 0 Å². The van der Waals surface area contributed by atoms with E-state index in [1.54, 1.807) is 19.1 Å². The van der Waals surface area contributed by atoms with Crippen LogP contribution in [0.4, 0.5) is 4.39 Å². The van der Waals surface area contributed by atoms with Crippen LogP contribution in [-0.4, -0.2) is 5.38 Å². The smallest absolute Gasteiger partial charge is 0.131 e. The highest BCUT2D eigenvalue weighted by Gasteiger charge is 2.15. The van der Waals surface area contributed by atoms with E-state index in [4.69, 9.17) is 23.2 Å². The monoisotopic (exact) mass is 248 g/mol. The van der Waals surface area contributed by atoms with E-state index in [0.29, 0.717) is 16.1 Å². The molecular weight excluding hydrogens is 234 g/mol. The lowest BCUT2D eigenvalue weighted by Gasteiger charge is -2.15. The van der Waals surface area contributed by atoms with Gasteiger partial charge in [-0.3, -0.25) is 0 Å². The van der Waals surface area contributed by atoms with Crippen LogP contribution in [0.3, 0.4) is 0 Å². The average Bonchev–Trinajstić information content (AvgIpc) is 2.13. The normalized spacial score (nSPS) is 15.1. The number of benzene rings is 1. The highest BCUT2D eigenvalue weighted by atomic mass is 35.5. The molecule has 15 heavy (non-hydrogen) atoms. The third-order valence-electron chi connectivity index (χ3n) is 2.56. The molecule has 0 bridgehead atoms. The summed E-state index contributed by atoms with van der Waals surface area (Å²) < 4.78 is 13.8. The third kappa shape index (κ3) is 3.09. The molecule has 2 unspecified atom stereocenters. The highest BCUT2D eigenvalue weighted by Crippen LogP contribution is 2.29. The molecule has 0 N–H and O–H groups in total. The molecule has 0 saturated carbocycles. The van der Waals surface area contributed by atoms with E-state index in [-0.39, 0.29) is 17.1 Å². The Morgan fingerprint density at radius 1 is 1.33 bits per heavy atom. The van der Waals surface area contributed by atoms with Crippen LogP contribution >= 0.6 is 23.2 Å². The molecule has 1 rings (SSSR count). The van der Waals surface area contributed by atoms with Crippen molar-refractivity contribution in [3.63, 3.8) is 0 Å². The van der Waals surface area contributed by atoms with Crippen LogP contribution in [0.15, 0.2) is 12.1 Å². The Morgan fingerprint density at radius 3 is 2.47 bits per heavy atom. The molecule has 3 heteroatoms. The molecule has 1 aromatic rings. The number of rotatable bonds is 3. The maximum Gasteiger partial charge on any atom is 0.131 e. The molecule has 0 amide bonds. The number of hydrogen-bond acceptors (Lipinski definition) is 0. The molecule has 0 saturated heterocycles. The second kappa shape index (κ2) is 5.18. The first-order valence-corrected chi connectivity index (χ1v) is 5.83. The van der Waals surface area contributed by atoms with E-state index in [9.17, 15) is 4.39 Å². The van der Waals surface area contributed by atoms with E-state index < -0.39 is 0 Å². The van der Waals surface area contributed by atoms with Gasteiger partial charge < -0.3 is 0 Å². The van der Waals surface area contributed by atoms with Crippen molar-refractivity contribution in [2.75, 3.05) is 0 Å². The van der Waals surface area contributed by atoms with Crippen molar-refractivity contribution in [2.24, 2.45) is 0 Å². The summed E-state index contributed by atoms with van der Waals surface area (Å²) in [5.74, 6) is -0.0826. The maximum atomic E-state index is 13.8. The van der Waals surface area contributed by atoms with Gasteiger partial charge in [-0.15, -0.1) is 11.6 Å². The summed E-state index contributed by atoms with van der Waals surface area (Å²) in [6.07, 6.45) is 0.763. The minimum atomic E-state index is -0.202. The van der Waals surface area contributed by atoms with Gasteiger partial charge in [-0.25, -0.2) is 4.39 Å². The molecule has 0 aromatic heterocycles. The predicted molar refractivity (Wildman–Crippen MR) is 64.5 cm³/mol. The lowest BCUT2D eigenvalue weighted by molar-refractivity contribution is 0.566. The van der Waals surface area contributed by atoms with Crippen molar-refractivity contribution in [2.45, 2.75) is 38.5 Å². The molecule has 2 atom stereocenters. The topological polar surface area (TPSA) is 0 Å². The van der Waals surface area contributed by atoms with Gasteiger partial charge in [-0.1, -0.05) is 24.6 Å². The zero-order valence-electron chi connectivity index (χ0n) is 9.15. The van der Waals surface area contributed by atoms with Crippen LogP contribution < -0.4 is 0 Å². The van der Waals surface area contributed by atoms with Crippen molar-refractivity contribution in [3.8, 4) is 0 Å². The standard InChI is InChI=1S/C12H15Cl2F/c1-7(6-8(2)13)10-4-5-11(14)9(3)12(10)15/h4-5,7-8H,6H2,1-3H3. The van der Waals surface area contributed by atoms with E-state index >= 15 is 0 Å². The molecule has 84 valence electrons. The first-order valence-electron chi connectivity index (χ1n) is 5.02. The van der Waals surface area contributed by atoms with Crippen LogP contribution in [0.25, 0.3) is 0 Å². The third-order valence-corrected chi connectivity index (χ3v) is 3.15. The minimum absolute atomic E-state index is 0.0513. The second-order valence-corrected chi connectivity index (χ2v) is 5.15. The lowest BCUT2D eigenvalue weighted by atomic mass is 9.94. The Bertz CT molecular complexity index is 348. The van der Waals surface area contributed by atoms with Crippen molar-refractivity contribution < 1.29 is 4.39 Å². The second-order valence-electron chi connectivity index (χ2n) is 3.99. The van der Waals surface area contributed by atoms with Gasteiger partial charge in [0, 0.05) is 16.0 Å². The largest absolute Gasteiger partial charge is 0.206 e. The Balaban J connectivity index is 3.00. The quantitative estimate of drug-likeness (QED) is 0.668. The fraction of sp³-hybridized carbons (Fsp3) is 0.500. The molecule has 0 nitrogen and oxygen atoms in total. The summed E-state index contributed by atoms with van der Waals surface area (Å²) in [6, 6.07) is 3.49. The van der Waals surface area contributed by atoms with Gasteiger partial charge in [0.1, 0.15) is 5.82 Å². The molecule has 0 heterocycles. The minimum Gasteiger partial charge on any atom is -0.206 e. The van der Waals surface area contributed by atoms with Crippen LogP contribution in [0.1, 0.15) is 37.3 Å². The maximum absolute atomic E-state index is 13.8. The Labute approximate surface area is 100 Å². The summed E-state index contributed by atoms with van der Waals surface area (Å²) in [5.41, 5.74) is 1.22. The highest BCUT2D eigenvalue weighted by molar-refractivity contribution is 6.31. The van der Waals surface area contributed by atoms with Crippen molar-refractivity contribution in [3.05, 3.63) is 34.1 Å². The van der Waals surface area contributed by atoms with Crippen LogP contribution in [0, 0.1) is 12.7 Å². The van der Waals surface area contributed by atoms with Gasteiger partial charge in [0.15, 0.2) is 0 Å². The molecule has 0 radical (unpaired) electrons. The summed E-state index contributed by atoms with van der Waals surface area (Å²) in [5, 5.41) is 0.526. The molecule has 0 aliphatic carbocycles. The fourth-order valence-electron chi connectivity index (χ4n) is 1.68. The van der Waals surface area contributed by atoms with Gasteiger partial charge in [-0.2, -0.15) is 0 Å². The number of alkyl halides is 1. The predicted octanol–water partition coefficient (Wildman–Crippen LogP) is 4.91. The van der Waals surface area contributed by atoms with Gasteiger partial charge >= 0.3 is 0 Å². The molecule has 0 aliphatic heterocycles. The first kappa shape index (κ1) is 12.8.